The molecule has 13 heteroatoms. The second-order valence-corrected chi connectivity index (χ2v) is 15.4. The maximum absolute atomic E-state index is 12.9. The van der Waals surface area contributed by atoms with Crippen molar-refractivity contribution in [1.82, 2.24) is 19.5 Å². The monoisotopic (exact) mass is 725 g/mol. The average molecular weight is 726 g/mol. The van der Waals surface area contributed by atoms with Gasteiger partial charge in [0.2, 0.25) is 5.91 Å². The zero-order chi connectivity index (χ0) is 37.7. The highest BCUT2D eigenvalue weighted by Gasteiger charge is 2.40. The number of H-pyrrole nitrogens is 1. The Bertz CT molecular complexity index is 1600. The highest BCUT2D eigenvalue weighted by Crippen LogP contribution is 2.50. The summed E-state index contributed by atoms with van der Waals surface area (Å²) in [7, 11) is -1.52. The summed E-state index contributed by atoms with van der Waals surface area (Å²) in [5.41, 5.74) is 1.09. The topological polar surface area (TPSA) is 156 Å². The molecule has 1 aromatic carbocycles. The van der Waals surface area contributed by atoms with E-state index in [1.807, 2.05) is 26.0 Å². The third kappa shape index (κ3) is 12.6. The van der Waals surface area contributed by atoms with Gasteiger partial charge in [0.15, 0.2) is 0 Å². The average Bonchev–Trinajstić information content (AvgIpc) is 3.48. The number of carbonyl (C=O) groups excluding carboxylic acids is 2. The fraction of sp³-hybridized carbons (Fsp3) is 0.605. The number of rotatable bonds is 20. The van der Waals surface area contributed by atoms with Crippen LogP contribution in [0.15, 0.2) is 46.1 Å². The lowest BCUT2D eigenvalue weighted by Gasteiger charge is -2.37. The largest absolute Gasteiger partial charge is 0.353 e. The van der Waals surface area contributed by atoms with Crippen molar-refractivity contribution in [2.75, 3.05) is 13.2 Å². The van der Waals surface area contributed by atoms with Crippen LogP contribution in [0.2, 0.25) is 0 Å². The molecule has 0 aliphatic carbocycles. The smallest absolute Gasteiger partial charge is 0.330 e. The van der Waals surface area contributed by atoms with Crippen LogP contribution >= 0.6 is 8.53 Å². The molecule has 51 heavy (non-hydrogen) atoms. The van der Waals surface area contributed by atoms with Gasteiger partial charge < -0.3 is 19.1 Å². The van der Waals surface area contributed by atoms with E-state index in [1.165, 1.54) is 28.5 Å². The Kier molecular flexibility index (Phi) is 16.9. The molecule has 3 rings (SSSR count). The summed E-state index contributed by atoms with van der Waals surface area (Å²) in [5.74, 6) is 0.0277. The van der Waals surface area contributed by atoms with Gasteiger partial charge in [-0.05, 0) is 70.1 Å². The molecule has 2 N–H and O–H groups in total. The van der Waals surface area contributed by atoms with Crippen LogP contribution in [-0.2, 0) is 29.8 Å². The molecule has 1 aliphatic rings. The molecule has 1 aliphatic heterocycles. The summed E-state index contributed by atoms with van der Waals surface area (Å²) < 4.78 is 22.3. The Labute approximate surface area is 303 Å². The number of ether oxygens (including phenoxy) is 1. The molecule has 1 aromatic heterocycles. The Balaban J connectivity index is 1.60. The van der Waals surface area contributed by atoms with Crippen molar-refractivity contribution < 1.29 is 23.4 Å². The number of hydrogen-bond acceptors (Lipinski definition) is 9. The van der Waals surface area contributed by atoms with Crippen LogP contribution < -0.4 is 16.6 Å². The number of hydrogen-bond donors (Lipinski definition) is 2. The normalized spacial score (nSPS) is 18.9. The Morgan fingerprint density at radius 2 is 1.82 bits per heavy atom. The number of benzene rings is 1. The fourth-order valence-corrected chi connectivity index (χ4v) is 7.86. The molecule has 12 nitrogen and oxygen atoms in total. The molecule has 1 fully saturated rings. The maximum atomic E-state index is 12.9. The van der Waals surface area contributed by atoms with Crippen LogP contribution in [0.4, 0.5) is 0 Å². The van der Waals surface area contributed by atoms with Gasteiger partial charge in [-0.2, -0.15) is 5.26 Å². The van der Waals surface area contributed by atoms with E-state index in [0.717, 1.165) is 12.0 Å². The summed E-state index contributed by atoms with van der Waals surface area (Å²) in [6.07, 6.45) is 5.52. The number of aromatic nitrogens is 2. The molecule has 2 heterocycles. The minimum atomic E-state index is -1.52. The molecule has 5 atom stereocenters. The fourth-order valence-electron chi connectivity index (χ4n) is 6.10. The number of nitriles is 1. The van der Waals surface area contributed by atoms with Gasteiger partial charge in [-0.15, -0.1) is 0 Å². The van der Waals surface area contributed by atoms with E-state index in [0.29, 0.717) is 38.1 Å². The SMILES string of the molecule is CC[C@H]1O[C@@H](n2cc(/C=C/C(=O)NCCCC(=O)[C@@H](C)c3ccc(CC(C)C)cc3)c(=O)[nH]c2=O)CC1OP(OCCC#N)N(C(C)C)C(C)C. The second-order valence-electron chi connectivity index (χ2n) is 14.0. The van der Waals surface area contributed by atoms with Crippen LogP contribution in [0.5, 0.6) is 0 Å². The van der Waals surface area contributed by atoms with Crippen molar-refractivity contribution in [1.29, 1.82) is 5.26 Å². The minimum absolute atomic E-state index is 0.109. The number of nitrogens with one attached hydrogen (secondary N) is 2. The molecule has 280 valence electrons. The van der Waals surface area contributed by atoms with E-state index >= 15 is 0 Å². The molecule has 0 bridgehead atoms. The standard InChI is InChI=1S/C38H56N5O7P/c1-9-33-34(50-51(48-21-11-19-39)43(26(4)5)27(6)7)23-36(49-33)42-24-31(37(46)41-38(42)47)17-18-35(45)40-20-10-12-32(44)28(8)30-15-13-29(14-16-30)22-25(2)3/h13-18,24-28,33-34,36H,9-12,20-23H2,1-8H3,(H,40,45)(H,41,46,47)/b18-17+/t28-,33+,34?,36+,51?/m0/s1. The summed E-state index contributed by atoms with van der Waals surface area (Å²) in [4.78, 5) is 53.3. The number of Topliss-reactive ketones (excluding diaryl/α,β-unsaturated/α-hetero) is 1. The van der Waals surface area contributed by atoms with E-state index in [2.05, 4.69) is 74.7 Å². The lowest BCUT2D eigenvalue weighted by atomic mass is 9.92. The van der Waals surface area contributed by atoms with Crippen molar-refractivity contribution in [3.05, 3.63) is 74.1 Å². The predicted octanol–water partition coefficient (Wildman–Crippen LogP) is 6.38. The third-order valence-corrected chi connectivity index (χ3v) is 10.9. The van der Waals surface area contributed by atoms with Crippen LogP contribution in [0.25, 0.3) is 6.08 Å². The Hall–Kier alpha value is -3.46. The van der Waals surface area contributed by atoms with Crippen LogP contribution in [-0.4, -0.2) is 63.4 Å². The number of aromatic amines is 1. The molecule has 0 spiro atoms. The molecular formula is C38H56N5O7P. The first kappa shape index (κ1) is 42.0. The van der Waals surface area contributed by atoms with E-state index in [1.54, 1.807) is 0 Å². The van der Waals surface area contributed by atoms with Gasteiger partial charge >= 0.3 is 5.69 Å². The van der Waals surface area contributed by atoms with Crippen LogP contribution in [0, 0.1) is 17.2 Å². The molecular weight excluding hydrogens is 669 g/mol. The molecule has 0 saturated carbocycles. The van der Waals surface area contributed by atoms with Gasteiger partial charge in [0.25, 0.3) is 14.1 Å². The van der Waals surface area contributed by atoms with E-state index in [9.17, 15) is 19.2 Å². The molecule has 2 aromatic rings. The van der Waals surface area contributed by atoms with Crippen molar-refractivity contribution in [2.45, 2.75) is 130 Å². The minimum Gasteiger partial charge on any atom is -0.353 e. The number of amides is 1. The van der Waals surface area contributed by atoms with Gasteiger partial charge in [0.05, 0.1) is 36.9 Å². The quantitative estimate of drug-likeness (QED) is 0.0899. The van der Waals surface area contributed by atoms with E-state index < -0.39 is 38.0 Å². The van der Waals surface area contributed by atoms with Gasteiger partial charge in [0.1, 0.15) is 12.0 Å². The zero-order valence-corrected chi connectivity index (χ0v) is 32.3. The zero-order valence-electron chi connectivity index (χ0n) is 31.4. The Morgan fingerprint density at radius 1 is 1.14 bits per heavy atom. The molecule has 0 radical (unpaired) electrons. The van der Waals surface area contributed by atoms with Crippen molar-refractivity contribution >= 4 is 26.3 Å². The van der Waals surface area contributed by atoms with Crippen molar-refractivity contribution in [3.63, 3.8) is 0 Å². The van der Waals surface area contributed by atoms with Crippen LogP contribution in [0.3, 0.4) is 0 Å². The summed E-state index contributed by atoms with van der Waals surface area (Å²) in [6.45, 7) is 17.0. The first-order valence-electron chi connectivity index (χ1n) is 18.1. The lowest BCUT2D eigenvalue weighted by Crippen LogP contribution is -2.35. The van der Waals surface area contributed by atoms with Crippen LogP contribution in [0.1, 0.15) is 116 Å². The Morgan fingerprint density at radius 3 is 2.43 bits per heavy atom. The first-order chi connectivity index (χ1) is 24.2. The van der Waals surface area contributed by atoms with E-state index in [4.69, 9.17) is 19.0 Å². The summed E-state index contributed by atoms with van der Waals surface area (Å²) in [5, 5.41) is 11.8. The summed E-state index contributed by atoms with van der Waals surface area (Å²) >= 11 is 0. The lowest BCUT2D eigenvalue weighted by molar-refractivity contribution is -0.120. The molecule has 1 saturated heterocycles. The number of ketones is 1. The van der Waals surface area contributed by atoms with Crippen molar-refractivity contribution in [3.8, 4) is 6.07 Å². The van der Waals surface area contributed by atoms with Gasteiger partial charge in [-0.3, -0.25) is 23.9 Å². The number of carbonyl (C=O) groups is 2. The maximum Gasteiger partial charge on any atom is 0.330 e. The van der Waals surface area contributed by atoms with Gasteiger partial charge in [0, 0.05) is 49.7 Å². The molecule has 1 amide bonds. The second kappa shape index (κ2) is 20.5. The predicted molar refractivity (Wildman–Crippen MR) is 200 cm³/mol. The first-order valence-corrected chi connectivity index (χ1v) is 19.2. The highest BCUT2D eigenvalue weighted by molar-refractivity contribution is 7.44. The van der Waals surface area contributed by atoms with Crippen molar-refractivity contribution in [2.24, 2.45) is 5.92 Å². The van der Waals surface area contributed by atoms with E-state index in [-0.39, 0.29) is 48.5 Å². The molecule has 2 unspecified atom stereocenters. The van der Waals surface area contributed by atoms with Gasteiger partial charge in [-0.25, -0.2) is 9.46 Å². The highest BCUT2D eigenvalue weighted by atomic mass is 31.2. The third-order valence-electron chi connectivity index (χ3n) is 8.70. The number of nitrogens with zero attached hydrogens (tertiary/aromatic N) is 3. The summed E-state index contributed by atoms with van der Waals surface area (Å²) in [6, 6.07) is 10.6. The van der Waals surface area contributed by atoms with Gasteiger partial charge in [-0.1, -0.05) is 52.0 Å².